The molecule has 4 nitrogen and oxygen atoms in total. The van der Waals surface area contributed by atoms with E-state index in [-0.39, 0.29) is 0 Å². The molecular formula is C15H21N3OS. The number of thioether (sulfide) groups is 1. The van der Waals surface area contributed by atoms with Crippen LogP contribution < -0.4 is 5.32 Å². The largest absolute Gasteiger partial charge is 0.338 e. The van der Waals surface area contributed by atoms with Gasteiger partial charge in [-0.3, -0.25) is 0 Å². The van der Waals surface area contributed by atoms with E-state index in [0.717, 1.165) is 18.0 Å². The van der Waals surface area contributed by atoms with E-state index in [0.29, 0.717) is 24.9 Å². The van der Waals surface area contributed by atoms with Gasteiger partial charge in [0, 0.05) is 12.5 Å². The maximum atomic E-state index is 5.26. The first kappa shape index (κ1) is 15.1. The fourth-order valence-corrected chi connectivity index (χ4v) is 2.46. The maximum Gasteiger partial charge on any atom is 0.240 e. The Morgan fingerprint density at radius 1 is 1.30 bits per heavy atom. The van der Waals surface area contributed by atoms with Gasteiger partial charge in [-0.15, -0.1) is 0 Å². The minimum absolute atomic E-state index is 0.465. The summed E-state index contributed by atoms with van der Waals surface area (Å²) in [6, 6.07) is 10.6. The van der Waals surface area contributed by atoms with Gasteiger partial charge in [0.1, 0.15) is 0 Å². The summed E-state index contributed by atoms with van der Waals surface area (Å²) in [6.07, 6.45) is 3.99. The zero-order valence-electron chi connectivity index (χ0n) is 12.0. The summed E-state index contributed by atoms with van der Waals surface area (Å²) in [5.41, 5.74) is 1.20. The Hall–Kier alpha value is -1.33. The van der Waals surface area contributed by atoms with Gasteiger partial charge < -0.3 is 9.84 Å². The van der Waals surface area contributed by atoms with E-state index < -0.39 is 0 Å². The zero-order valence-corrected chi connectivity index (χ0v) is 12.8. The van der Waals surface area contributed by atoms with Crippen LogP contribution in [0.15, 0.2) is 34.9 Å². The number of nitrogens with zero attached hydrogens (tertiary/aromatic N) is 2. The molecule has 0 fully saturated rings. The van der Waals surface area contributed by atoms with Crippen LogP contribution in [0.3, 0.4) is 0 Å². The van der Waals surface area contributed by atoms with Crippen LogP contribution in [0.1, 0.15) is 30.6 Å². The van der Waals surface area contributed by atoms with Crippen LogP contribution >= 0.6 is 11.8 Å². The van der Waals surface area contributed by atoms with E-state index in [9.17, 15) is 0 Å². The Labute approximate surface area is 124 Å². The molecule has 5 heteroatoms. The molecule has 2 aromatic rings. The second kappa shape index (κ2) is 8.07. The van der Waals surface area contributed by atoms with Gasteiger partial charge in [0.2, 0.25) is 5.89 Å². The van der Waals surface area contributed by atoms with E-state index in [1.54, 1.807) is 0 Å². The average Bonchev–Trinajstić information content (AvgIpc) is 2.91. The number of nitrogens with one attached hydrogen (secondary N) is 1. The number of hydrogen-bond acceptors (Lipinski definition) is 5. The Kier molecular flexibility index (Phi) is 6.08. The molecular weight excluding hydrogens is 270 g/mol. The van der Waals surface area contributed by atoms with Crippen LogP contribution in [0.2, 0.25) is 0 Å². The van der Waals surface area contributed by atoms with Gasteiger partial charge in [-0.2, -0.15) is 16.7 Å². The summed E-state index contributed by atoms with van der Waals surface area (Å²) < 4.78 is 5.26. The number of rotatable bonds is 8. The summed E-state index contributed by atoms with van der Waals surface area (Å²) >= 11 is 1.87. The molecule has 1 unspecified atom stereocenters. The van der Waals surface area contributed by atoms with Gasteiger partial charge in [-0.1, -0.05) is 35.5 Å². The maximum absolute atomic E-state index is 5.26. The highest BCUT2D eigenvalue weighted by atomic mass is 32.2. The third kappa shape index (κ3) is 4.98. The second-order valence-electron chi connectivity index (χ2n) is 4.83. The van der Waals surface area contributed by atoms with Crippen molar-refractivity contribution in [1.82, 2.24) is 15.5 Å². The molecule has 1 aromatic heterocycles. The molecule has 0 aliphatic heterocycles. The van der Waals surface area contributed by atoms with Crippen molar-refractivity contribution in [3.05, 3.63) is 47.6 Å². The van der Waals surface area contributed by atoms with Crippen LogP contribution in [-0.4, -0.2) is 28.2 Å². The van der Waals surface area contributed by atoms with Crippen molar-refractivity contribution in [2.45, 2.75) is 32.4 Å². The van der Waals surface area contributed by atoms with Crippen LogP contribution in [-0.2, 0) is 13.0 Å². The Balaban J connectivity index is 1.80. The number of hydrogen-bond donors (Lipinski definition) is 1. The molecule has 1 N–H and O–H groups in total. The molecule has 0 saturated heterocycles. The van der Waals surface area contributed by atoms with Crippen molar-refractivity contribution in [1.29, 1.82) is 0 Å². The van der Waals surface area contributed by atoms with Crippen molar-refractivity contribution in [2.24, 2.45) is 0 Å². The molecule has 0 aliphatic carbocycles. The SMILES string of the molecule is CSCCC(C)NCc1nc(Cc2ccccc2)no1. The summed E-state index contributed by atoms with van der Waals surface area (Å²) in [5.74, 6) is 2.56. The quantitative estimate of drug-likeness (QED) is 0.810. The topological polar surface area (TPSA) is 51.0 Å². The molecule has 108 valence electrons. The van der Waals surface area contributed by atoms with Crippen LogP contribution in [0, 0.1) is 0 Å². The van der Waals surface area contributed by atoms with Gasteiger partial charge in [-0.25, -0.2) is 0 Å². The van der Waals surface area contributed by atoms with Crippen molar-refractivity contribution >= 4 is 11.8 Å². The molecule has 1 aromatic carbocycles. The van der Waals surface area contributed by atoms with Gasteiger partial charge in [0.25, 0.3) is 0 Å². The molecule has 0 saturated carbocycles. The normalized spacial score (nSPS) is 12.5. The van der Waals surface area contributed by atoms with E-state index in [4.69, 9.17) is 4.52 Å². The summed E-state index contributed by atoms with van der Waals surface area (Å²) in [6.45, 7) is 2.81. The highest BCUT2D eigenvalue weighted by molar-refractivity contribution is 7.98. The van der Waals surface area contributed by atoms with Gasteiger partial charge in [0.05, 0.1) is 6.54 Å². The fourth-order valence-electron chi connectivity index (χ4n) is 1.87. The zero-order chi connectivity index (χ0) is 14.2. The lowest BCUT2D eigenvalue weighted by molar-refractivity contribution is 0.355. The molecule has 1 heterocycles. The summed E-state index contributed by atoms with van der Waals surface area (Å²) in [4.78, 5) is 4.41. The summed E-state index contributed by atoms with van der Waals surface area (Å²) in [7, 11) is 0. The van der Waals surface area contributed by atoms with Gasteiger partial charge >= 0.3 is 0 Å². The average molecular weight is 291 g/mol. The lowest BCUT2D eigenvalue weighted by Crippen LogP contribution is -2.26. The van der Waals surface area contributed by atoms with Crippen LogP contribution in [0.25, 0.3) is 0 Å². The Bertz CT molecular complexity index is 501. The molecule has 0 bridgehead atoms. The molecule has 1 atom stereocenters. The highest BCUT2D eigenvalue weighted by Gasteiger charge is 2.08. The molecule has 0 amide bonds. The Morgan fingerprint density at radius 2 is 2.10 bits per heavy atom. The molecule has 20 heavy (non-hydrogen) atoms. The number of benzene rings is 1. The van der Waals surface area contributed by atoms with Crippen LogP contribution in [0.5, 0.6) is 0 Å². The molecule has 0 spiro atoms. The smallest absolute Gasteiger partial charge is 0.240 e. The molecule has 2 rings (SSSR count). The minimum atomic E-state index is 0.465. The first-order valence-electron chi connectivity index (χ1n) is 6.85. The lowest BCUT2D eigenvalue weighted by Gasteiger charge is -2.10. The monoisotopic (exact) mass is 291 g/mol. The van der Waals surface area contributed by atoms with Gasteiger partial charge in [-0.05, 0) is 30.9 Å². The van der Waals surface area contributed by atoms with E-state index in [1.165, 1.54) is 5.56 Å². The van der Waals surface area contributed by atoms with Crippen molar-refractivity contribution < 1.29 is 4.52 Å². The van der Waals surface area contributed by atoms with Crippen LogP contribution in [0.4, 0.5) is 0 Å². The minimum Gasteiger partial charge on any atom is -0.338 e. The van der Waals surface area contributed by atoms with Crippen molar-refractivity contribution in [3.63, 3.8) is 0 Å². The predicted octanol–water partition coefficient (Wildman–Crippen LogP) is 2.89. The van der Waals surface area contributed by atoms with E-state index in [2.05, 4.69) is 40.8 Å². The summed E-state index contributed by atoms with van der Waals surface area (Å²) in [5, 5.41) is 7.42. The third-order valence-corrected chi connectivity index (χ3v) is 3.72. The fraction of sp³-hybridized carbons (Fsp3) is 0.467. The molecule has 0 radical (unpaired) electrons. The van der Waals surface area contributed by atoms with Crippen molar-refractivity contribution in [3.8, 4) is 0 Å². The predicted molar refractivity (Wildman–Crippen MR) is 82.8 cm³/mol. The van der Waals surface area contributed by atoms with Crippen molar-refractivity contribution in [2.75, 3.05) is 12.0 Å². The van der Waals surface area contributed by atoms with E-state index >= 15 is 0 Å². The highest BCUT2D eigenvalue weighted by Crippen LogP contribution is 2.07. The standard InChI is InChI=1S/C15H21N3OS/c1-12(8-9-20-2)16-11-15-17-14(18-19-15)10-13-6-4-3-5-7-13/h3-7,12,16H,8-11H2,1-2H3. The first-order valence-corrected chi connectivity index (χ1v) is 8.25. The Morgan fingerprint density at radius 3 is 2.85 bits per heavy atom. The molecule has 0 aliphatic rings. The van der Waals surface area contributed by atoms with Gasteiger partial charge in [0.15, 0.2) is 5.82 Å². The third-order valence-electron chi connectivity index (χ3n) is 3.07. The lowest BCUT2D eigenvalue weighted by atomic mass is 10.1. The second-order valence-corrected chi connectivity index (χ2v) is 5.82. The number of aromatic nitrogens is 2. The van der Waals surface area contributed by atoms with E-state index in [1.807, 2.05) is 30.0 Å². The first-order chi connectivity index (χ1) is 9.78.